The molecule has 1 aromatic carbocycles. The fourth-order valence-electron chi connectivity index (χ4n) is 1.99. The fraction of sp³-hybridized carbons (Fsp3) is 0.267. The molecule has 0 aliphatic rings. The molecule has 0 saturated heterocycles. The summed E-state index contributed by atoms with van der Waals surface area (Å²) in [5.74, 6) is 1.62. The van der Waals surface area contributed by atoms with Crippen molar-refractivity contribution in [1.29, 1.82) is 5.26 Å². The standard InChI is InChI=1S/C15H16BrN5/c1-3-11-14(18-4-2)19-9-20-15(11)21-13-6-5-10(8-17)7-12(13)16/h5-7,9H,3-4H2,1-2H3,(H2,18,19,20,21). The number of anilines is 3. The highest BCUT2D eigenvalue weighted by molar-refractivity contribution is 9.10. The summed E-state index contributed by atoms with van der Waals surface area (Å²) >= 11 is 3.47. The highest BCUT2D eigenvalue weighted by Gasteiger charge is 2.11. The van der Waals surface area contributed by atoms with Crippen molar-refractivity contribution in [1.82, 2.24) is 9.97 Å². The summed E-state index contributed by atoms with van der Waals surface area (Å²) in [4.78, 5) is 8.60. The van der Waals surface area contributed by atoms with E-state index in [-0.39, 0.29) is 0 Å². The summed E-state index contributed by atoms with van der Waals surface area (Å²) < 4.78 is 0.826. The van der Waals surface area contributed by atoms with Gasteiger partial charge < -0.3 is 10.6 Å². The minimum Gasteiger partial charge on any atom is -0.370 e. The highest BCUT2D eigenvalue weighted by atomic mass is 79.9. The van der Waals surface area contributed by atoms with Gasteiger partial charge in [-0.1, -0.05) is 6.92 Å². The highest BCUT2D eigenvalue weighted by Crippen LogP contribution is 2.29. The minimum absolute atomic E-state index is 0.610. The zero-order valence-corrected chi connectivity index (χ0v) is 13.5. The average molecular weight is 346 g/mol. The second-order valence-corrected chi connectivity index (χ2v) is 5.22. The van der Waals surface area contributed by atoms with Crippen molar-refractivity contribution in [2.45, 2.75) is 20.3 Å². The molecule has 0 atom stereocenters. The first-order chi connectivity index (χ1) is 10.2. The molecule has 21 heavy (non-hydrogen) atoms. The number of nitrogens with one attached hydrogen (secondary N) is 2. The van der Waals surface area contributed by atoms with E-state index < -0.39 is 0 Å². The Kier molecular flexibility index (Phi) is 5.12. The van der Waals surface area contributed by atoms with Crippen LogP contribution in [0, 0.1) is 11.3 Å². The maximum absolute atomic E-state index is 8.90. The third kappa shape index (κ3) is 3.50. The van der Waals surface area contributed by atoms with E-state index in [2.05, 4.69) is 49.5 Å². The predicted octanol–water partition coefficient (Wildman–Crippen LogP) is 3.85. The van der Waals surface area contributed by atoms with Gasteiger partial charge in [0.15, 0.2) is 0 Å². The predicted molar refractivity (Wildman–Crippen MR) is 87.7 cm³/mol. The molecule has 0 radical (unpaired) electrons. The molecule has 0 aliphatic heterocycles. The number of rotatable bonds is 5. The van der Waals surface area contributed by atoms with Crippen LogP contribution in [-0.2, 0) is 6.42 Å². The Morgan fingerprint density at radius 3 is 2.62 bits per heavy atom. The first-order valence-electron chi connectivity index (χ1n) is 6.74. The van der Waals surface area contributed by atoms with Crippen molar-refractivity contribution < 1.29 is 0 Å². The molecule has 2 N–H and O–H groups in total. The van der Waals surface area contributed by atoms with Crippen LogP contribution in [0.5, 0.6) is 0 Å². The Bertz CT molecular complexity index is 678. The molecule has 2 aromatic rings. The zero-order valence-electron chi connectivity index (χ0n) is 11.9. The third-order valence-corrected chi connectivity index (χ3v) is 3.65. The Labute approximate surface area is 132 Å². The van der Waals surface area contributed by atoms with Gasteiger partial charge in [0.1, 0.15) is 18.0 Å². The molecule has 0 saturated carbocycles. The van der Waals surface area contributed by atoms with Crippen molar-refractivity contribution in [3.63, 3.8) is 0 Å². The van der Waals surface area contributed by atoms with E-state index in [9.17, 15) is 0 Å². The van der Waals surface area contributed by atoms with Crippen LogP contribution >= 0.6 is 15.9 Å². The normalized spacial score (nSPS) is 10.0. The second-order valence-electron chi connectivity index (χ2n) is 4.36. The molecule has 0 spiro atoms. The van der Waals surface area contributed by atoms with Crippen LogP contribution in [0.4, 0.5) is 17.3 Å². The van der Waals surface area contributed by atoms with E-state index >= 15 is 0 Å². The summed E-state index contributed by atoms with van der Waals surface area (Å²) in [6.07, 6.45) is 2.36. The summed E-state index contributed by atoms with van der Waals surface area (Å²) in [7, 11) is 0. The summed E-state index contributed by atoms with van der Waals surface area (Å²) in [5, 5.41) is 15.4. The van der Waals surface area contributed by atoms with Gasteiger partial charge in [-0.25, -0.2) is 9.97 Å². The quantitative estimate of drug-likeness (QED) is 0.860. The zero-order chi connectivity index (χ0) is 15.2. The third-order valence-electron chi connectivity index (χ3n) is 2.99. The van der Waals surface area contributed by atoms with Crippen molar-refractivity contribution in [2.75, 3.05) is 17.2 Å². The molecule has 108 valence electrons. The van der Waals surface area contributed by atoms with Crippen LogP contribution in [-0.4, -0.2) is 16.5 Å². The molecule has 0 bridgehead atoms. The topological polar surface area (TPSA) is 73.6 Å². The monoisotopic (exact) mass is 345 g/mol. The first kappa shape index (κ1) is 15.3. The molecule has 0 aliphatic carbocycles. The van der Waals surface area contributed by atoms with Crippen molar-refractivity contribution >= 4 is 33.3 Å². The van der Waals surface area contributed by atoms with Crippen molar-refractivity contribution in [3.8, 4) is 6.07 Å². The summed E-state index contributed by atoms with van der Waals surface area (Å²) in [6.45, 7) is 4.91. The number of hydrogen-bond acceptors (Lipinski definition) is 5. The Morgan fingerprint density at radius 1 is 1.24 bits per heavy atom. The molecule has 0 amide bonds. The number of halogens is 1. The van der Waals surface area contributed by atoms with Crippen LogP contribution in [0.2, 0.25) is 0 Å². The van der Waals surface area contributed by atoms with Gasteiger partial charge in [0, 0.05) is 16.6 Å². The van der Waals surface area contributed by atoms with Crippen LogP contribution in [0.25, 0.3) is 0 Å². The Morgan fingerprint density at radius 2 is 2.00 bits per heavy atom. The molecule has 0 fully saturated rings. The smallest absolute Gasteiger partial charge is 0.139 e. The van der Waals surface area contributed by atoms with Crippen molar-refractivity contribution in [3.05, 3.63) is 40.1 Å². The number of nitriles is 1. The molecule has 1 heterocycles. The lowest BCUT2D eigenvalue weighted by Crippen LogP contribution is -2.07. The van der Waals surface area contributed by atoms with E-state index in [1.165, 1.54) is 6.33 Å². The lowest BCUT2D eigenvalue weighted by Gasteiger charge is -2.14. The van der Waals surface area contributed by atoms with Gasteiger partial charge in [0.05, 0.1) is 17.3 Å². The summed E-state index contributed by atoms with van der Waals surface area (Å²) in [6, 6.07) is 7.52. The second kappa shape index (κ2) is 7.04. The van der Waals surface area contributed by atoms with Crippen LogP contribution in [0.1, 0.15) is 25.0 Å². The van der Waals surface area contributed by atoms with Gasteiger partial charge in [-0.15, -0.1) is 0 Å². The van der Waals surface area contributed by atoms with Gasteiger partial charge in [0.2, 0.25) is 0 Å². The van der Waals surface area contributed by atoms with Crippen molar-refractivity contribution in [2.24, 2.45) is 0 Å². The van der Waals surface area contributed by atoms with Crippen LogP contribution in [0.15, 0.2) is 29.0 Å². The number of nitrogens with zero attached hydrogens (tertiary/aromatic N) is 3. The lowest BCUT2D eigenvalue weighted by atomic mass is 10.2. The molecule has 1 aromatic heterocycles. The van der Waals surface area contributed by atoms with Gasteiger partial charge in [-0.3, -0.25) is 0 Å². The number of benzene rings is 1. The van der Waals surface area contributed by atoms with Gasteiger partial charge in [0.25, 0.3) is 0 Å². The van der Waals surface area contributed by atoms with Crippen LogP contribution < -0.4 is 10.6 Å². The van der Waals surface area contributed by atoms with Gasteiger partial charge in [-0.05, 0) is 47.5 Å². The summed E-state index contributed by atoms with van der Waals surface area (Å²) in [5.41, 5.74) is 2.51. The minimum atomic E-state index is 0.610. The maximum atomic E-state index is 8.90. The number of aromatic nitrogens is 2. The molecule has 6 heteroatoms. The van der Waals surface area contributed by atoms with Gasteiger partial charge in [-0.2, -0.15) is 5.26 Å². The van der Waals surface area contributed by atoms with Crippen LogP contribution in [0.3, 0.4) is 0 Å². The molecule has 2 rings (SSSR count). The maximum Gasteiger partial charge on any atom is 0.139 e. The van der Waals surface area contributed by atoms with E-state index in [0.29, 0.717) is 5.56 Å². The number of hydrogen-bond donors (Lipinski definition) is 2. The van der Waals surface area contributed by atoms with E-state index in [0.717, 1.165) is 40.3 Å². The largest absolute Gasteiger partial charge is 0.370 e. The first-order valence-corrected chi connectivity index (χ1v) is 7.53. The molecular formula is C15H16BrN5. The van der Waals surface area contributed by atoms with E-state index in [4.69, 9.17) is 5.26 Å². The fourth-order valence-corrected chi connectivity index (χ4v) is 2.47. The SMILES string of the molecule is CCNc1ncnc(Nc2ccc(C#N)cc2Br)c1CC. The Balaban J connectivity index is 2.35. The molecular weight excluding hydrogens is 330 g/mol. The van der Waals surface area contributed by atoms with E-state index in [1.54, 1.807) is 12.1 Å². The van der Waals surface area contributed by atoms with E-state index in [1.807, 2.05) is 13.0 Å². The molecule has 0 unspecified atom stereocenters. The Hall–Kier alpha value is -2.13. The van der Waals surface area contributed by atoms with Gasteiger partial charge >= 0.3 is 0 Å². The molecule has 5 nitrogen and oxygen atoms in total. The average Bonchev–Trinajstić information content (AvgIpc) is 2.50. The lowest BCUT2D eigenvalue weighted by molar-refractivity contribution is 1.03.